The first-order chi connectivity index (χ1) is 12.2. The van der Waals surface area contributed by atoms with Crippen molar-refractivity contribution in [3.63, 3.8) is 0 Å². The van der Waals surface area contributed by atoms with Crippen LogP contribution in [0.5, 0.6) is 0 Å². The van der Waals surface area contributed by atoms with E-state index in [2.05, 4.69) is 5.32 Å². The van der Waals surface area contributed by atoms with Crippen LogP contribution in [-0.4, -0.2) is 59.9 Å². The zero-order valence-electron chi connectivity index (χ0n) is 15.4. The van der Waals surface area contributed by atoms with E-state index in [0.29, 0.717) is 36.2 Å². The quantitative estimate of drug-likeness (QED) is 0.851. The zero-order valence-corrected chi connectivity index (χ0v) is 15.4. The molecule has 2 unspecified atom stereocenters. The molecule has 5 heteroatoms. The van der Waals surface area contributed by atoms with Gasteiger partial charge in [0.2, 0.25) is 11.8 Å². The number of carbonyl (C=O) groups is 2. The highest BCUT2D eigenvalue weighted by Gasteiger charge is 2.35. The van der Waals surface area contributed by atoms with Crippen LogP contribution in [0.15, 0.2) is 0 Å². The summed E-state index contributed by atoms with van der Waals surface area (Å²) >= 11 is 0. The molecule has 1 aliphatic carbocycles. The van der Waals surface area contributed by atoms with Gasteiger partial charge in [-0.1, -0.05) is 19.3 Å². The standard InChI is InChI=1S/C20H33N3O2/c24-19(14-15-12-17-6-7-18(13-15)21-17)22-8-10-23(11-9-22)20(25)16-4-2-1-3-5-16/h15-18,21H,1-14H2. The molecular weight excluding hydrogens is 314 g/mol. The first-order valence-corrected chi connectivity index (χ1v) is 10.5. The van der Waals surface area contributed by atoms with Crippen LogP contribution >= 0.6 is 0 Å². The van der Waals surface area contributed by atoms with Gasteiger partial charge in [0.25, 0.3) is 0 Å². The number of amides is 2. The molecule has 0 aromatic heterocycles. The highest BCUT2D eigenvalue weighted by atomic mass is 16.2. The van der Waals surface area contributed by atoms with Crippen LogP contribution in [0.25, 0.3) is 0 Å². The van der Waals surface area contributed by atoms with Gasteiger partial charge in [-0.15, -0.1) is 0 Å². The lowest BCUT2D eigenvalue weighted by Crippen LogP contribution is -2.52. The second kappa shape index (κ2) is 7.65. The molecule has 0 aromatic carbocycles. The summed E-state index contributed by atoms with van der Waals surface area (Å²) in [5.41, 5.74) is 0. The topological polar surface area (TPSA) is 52.7 Å². The third-order valence-corrected chi connectivity index (χ3v) is 6.93. The van der Waals surface area contributed by atoms with Crippen molar-refractivity contribution in [2.24, 2.45) is 11.8 Å². The van der Waals surface area contributed by atoms with Crippen LogP contribution in [0.2, 0.25) is 0 Å². The van der Waals surface area contributed by atoms with E-state index >= 15 is 0 Å². The van der Waals surface area contributed by atoms with Crippen molar-refractivity contribution in [2.75, 3.05) is 26.2 Å². The predicted molar refractivity (Wildman–Crippen MR) is 97.0 cm³/mol. The highest BCUT2D eigenvalue weighted by molar-refractivity contribution is 5.80. The molecular formula is C20H33N3O2. The smallest absolute Gasteiger partial charge is 0.225 e. The molecule has 3 aliphatic heterocycles. The molecule has 3 saturated heterocycles. The largest absolute Gasteiger partial charge is 0.339 e. The fraction of sp³-hybridized carbons (Fsp3) is 0.900. The summed E-state index contributed by atoms with van der Waals surface area (Å²) < 4.78 is 0. The fourth-order valence-corrected chi connectivity index (χ4v) is 5.50. The van der Waals surface area contributed by atoms with Crippen LogP contribution in [0.4, 0.5) is 0 Å². The van der Waals surface area contributed by atoms with E-state index in [1.165, 1.54) is 44.9 Å². The molecule has 3 heterocycles. The van der Waals surface area contributed by atoms with E-state index in [1.54, 1.807) is 0 Å². The zero-order chi connectivity index (χ0) is 17.2. The number of nitrogens with one attached hydrogen (secondary N) is 1. The number of fused-ring (bicyclic) bond motifs is 2. The van der Waals surface area contributed by atoms with Gasteiger partial charge in [0.1, 0.15) is 0 Å². The number of carbonyl (C=O) groups excluding carboxylic acids is 2. The van der Waals surface area contributed by atoms with Crippen molar-refractivity contribution in [1.29, 1.82) is 0 Å². The number of piperidine rings is 1. The summed E-state index contributed by atoms with van der Waals surface area (Å²) in [6.45, 7) is 2.93. The summed E-state index contributed by atoms with van der Waals surface area (Å²) in [5, 5.41) is 3.65. The van der Waals surface area contributed by atoms with E-state index in [0.717, 1.165) is 39.0 Å². The van der Waals surface area contributed by atoms with Gasteiger partial charge in [0.15, 0.2) is 0 Å². The number of piperazine rings is 1. The van der Waals surface area contributed by atoms with Crippen LogP contribution in [0.1, 0.15) is 64.2 Å². The molecule has 2 bridgehead atoms. The van der Waals surface area contributed by atoms with Crippen LogP contribution < -0.4 is 5.32 Å². The van der Waals surface area contributed by atoms with E-state index < -0.39 is 0 Å². The number of nitrogens with zero attached hydrogens (tertiary/aromatic N) is 2. The van der Waals surface area contributed by atoms with Gasteiger partial charge in [-0.25, -0.2) is 0 Å². The molecule has 1 saturated carbocycles. The van der Waals surface area contributed by atoms with Crippen molar-refractivity contribution in [1.82, 2.24) is 15.1 Å². The minimum absolute atomic E-state index is 0.251. The Bertz CT molecular complexity index is 483. The third-order valence-electron chi connectivity index (χ3n) is 6.93. The van der Waals surface area contributed by atoms with Crippen molar-refractivity contribution in [3.8, 4) is 0 Å². The molecule has 0 aromatic rings. The Balaban J connectivity index is 1.22. The predicted octanol–water partition coefficient (Wildman–Crippen LogP) is 2.16. The Hall–Kier alpha value is -1.10. The average molecular weight is 348 g/mol. The summed E-state index contributed by atoms with van der Waals surface area (Å²) in [7, 11) is 0. The monoisotopic (exact) mass is 347 g/mol. The molecule has 5 nitrogen and oxygen atoms in total. The molecule has 4 rings (SSSR count). The summed E-state index contributed by atoms with van der Waals surface area (Å²) in [6.07, 6.45) is 11.4. The van der Waals surface area contributed by atoms with Gasteiger partial charge in [0, 0.05) is 50.6 Å². The molecule has 1 N–H and O–H groups in total. The lowest BCUT2D eigenvalue weighted by Gasteiger charge is -2.38. The van der Waals surface area contributed by atoms with E-state index in [1.807, 2.05) is 9.80 Å². The maximum absolute atomic E-state index is 12.7. The van der Waals surface area contributed by atoms with Crippen molar-refractivity contribution >= 4 is 11.8 Å². The Morgan fingerprint density at radius 3 is 2.04 bits per heavy atom. The molecule has 2 atom stereocenters. The fourth-order valence-electron chi connectivity index (χ4n) is 5.50. The molecule has 4 aliphatic rings. The van der Waals surface area contributed by atoms with E-state index in [-0.39, 0.29) is 5.92 Å². The molecule has 25 heavy (non-hydrogen) atoms. The second-order valence-corrected chi connectivity index (χ2v) is 8.72. The summed E-state index contributed by atoms with van der Waals surface area (Å²) in [4.78, 5) is 29.3. The summed E-state index contributed by atoms with van der Waals surface area (Å²) in [6, 6.07) is 1.31. The molecule has 4 fully saturated rings. The third kappa shape index (κ3) is 4.02. The minimum Gasteiger partial charge on any atom is -0.339 e. The first-order valence-electron chi connectivity index (χ1n) is 10.5. The summed E-state index contributed by atoms with van der Waals surface area (Å²) in [5.74, 6) is 1.48. The Kier molecular flexibility index (Phi) is 5.30. The Morgan fingerprint density at radius 2 is 1.40 bits per heavy atom. The molecule has 0 radical (unpaired) electrons. The van der Waals surface area contributed by atoms with E-state index in [9.17, 15) is 9.59 Å². The van der Waals surface area contributed by atoms with Crippen molar-refractivity contribution in [3.05, 3.63) is 0 Å². The SMILES string of the molecule is O=C(CC1CC2CCC(C1)N2)N1CCN(C(=O)C2CCCCC2)CC1. The Labute approximate surface area is 151 Å². The van der Waals surface area contributed by atoms with Crippen molar-refractivity contribution in [2.45, 2.75) is 76.3 Å². The minimum atomic E-state index is 0.251. The maximum atomic E-state index is 12.7. The van der Waals surface area contributed by atoms with Gasteiger partial charge < -0.3 is 15.1 Å². The number of hydrogen-bond acceptors (Lipinski definition) is 3. The van der Waals surface area contributed by atoms with Gasteiger partial charge >= 0.3 is 0 Å². The van der Waals surface area contributed by atoms with E-state index in [4.69, 9.17) is 0 Å². The molecule has 140 valence electrons. The van der Waals surface area contributed by atoms with Crippen LogP contribution in [-0.2, 0) is 9.59 Å². The van der Waals surface area contributed by atoms with Crippen LogP contribution in [0.3, 0.4) is 0 Å². The van der Waals surface area contributed by atoms with Crippen molar-refractivity contribution < 1.29 is 9.59 Å². The van der Waals surface area contributed by atoms with Gasteiger partial charge in [-0.3, -0.25) is 9.59 Å². The lowest BCUT2D eigenvalue weighted by atomic mass is 9.88. The Morgan fingerprint density at radius 1 is 0.800 bits per heavy atom. The number of hydrogen-bond donors (Lipinski definition) is 1. The first kappa shape index (κ1) is 17.3. The molecule has 2 amide bonds. The van der Waals surface area contributed by atoms with Gasteiger partial charge in [0.05, 0.1) is 0 Å². The van der Waals surface area contributed by atoms with Gasteiger partial charge in [-0.05, 0) is 44.4 Å². The lowest BCUT2D eigenvalue weighted by molar-refractivity contribution is -0.143. The maximum Gasteiger partial charge on any atom is 0.225 e. The normalized spacial score (nSPS) is 33.5. The van der Waals surface area contributed by atoms with Crippen LogP contribution in [0, 0.1) is 11.8 Å². The number of rotatable bonds is 3. The second-order valence-electron chi connectivity index (χ2n) is 8.72. The highest BCUT2D eigenvalue weighted by Crippen LogP contribution is 2.33. The average Bonchev–Trinajstić information content (AvgIpc) is 3.00. The van der Waals surface area contributed by atoms with Gasteiger partial charge in [-0.2, -0.15) is 0 Å². The molecule has 0 spiro atoms.